The molecular formula is C6H9IN2. The summed E-state index contributed by atoms with van der Waals surface area (Å²) in [5, 5.41) is 0. The third-order valence-electron chi connectivity index (χ3n) is 0.619. The van der Waals surface area contributed by atoms with Gasteiger partial charge >= 0.3 is 0 Å². The van der Waals surface area contributed by atoms with Crippen LogP contribution in [0.25, 0.3) is 0 Å². The first-order valence-electron chi connectivity index (χ1n) is 2.47. The highest BCUT2D eigenvalue weighted by Crippen LogP contribution is 2.00. The summed E-state index contributed by atoms with van der Waals surface area (Å²) < 4.78 is 1.07. The van der Waals surface area contributed by atoms with Crippen LogP contribution in [0.2, 0.25) is 0 Å². The topological polar surface area (TPSA) is 38.4 Å². The minimum Gasteiger partial charge on any atom is -0.405 e. The van der Waals surface area contributed by atoms with Crippen LogP contribution in [-0.2, 0) is 0 Å². The molecule has 0 rings (SSSR count). The van der Waals surface area contributed by atoms with Crippen LogP contribution >= 0.6 is 22.6 Å². The molecule has 0 aliphatic rings. The lowest BCUT2D eigenvalue weighted by Crippen LogP contribution is -1.74. The van der Waals surface area contributed by atoms with Crippen LogP contribution in [0.3, 0.4) is 0 Å². The summed E-state index contributed by atoms with van der Waals surface area (Å²) in [4.78, 5) is 3.81. The number of allylic oxidation sites excluding steroid dienone is 3. The average molecular weight is 236 g/mol. The number of nitrogens with two attached hydrogens (primary N) is 1. The Morgan fingerprint density at radius 3 is 2.78 bits per heavy atom. The molecule has 9 heavy (non-hydrogen) atoms. The van der Waals surface area contributed by atoms with Crippen LogP contribution in [-0.4, -0.2) is 13.3 Å². The van der Waals surface area contributed by atoms with Gasteiger partial charge in [0.05, 0.1) is 0 Å². The Hall–Kier alpha value is -0.320. The van der Waals surface area contributed by atoms with E-state index in [9.17, 15) is 0 Å². The second-order valence-electron chi connectivity index (χ2n) is 1.32. The molecule has 0 fully saturated rings. The predicted molar refractivity (Wildman–Crippen MR) is 49.8 cm³/mol. The highest BCUT2D eigenvalue weighted by molar-refractivity contribution is 14.1. The third kappa shape index (κ3) is 5.55. The molecule has 0 radical (unpaired) electrons. The van der Waals surface area contributed by atoms with Gasteiger partial charge in [0.15, 0.2) is 0 Å². The summed E-state index contributed by atoms with van der Waals surface area (Å²) in [6, 6.07) is 0. The van der Waals surface area contributed by atoms with Crippen molar-refractivity contribution in [2.45, 2.75) is 0 Å². The second-order valence-corrected chi connectivity index (χ2v) is 2.57. The van der Waals surface area contributed by atoms with Crippen molar-refractivity contribution in [2.75, 3.05) is 7.05 Å². The van der Waals surface area contributed by atoms with Crippen molar-refractivity contribution in [3.05, 3.63) is 21.9 Å². The maximum atomic E-state index is 5.10. The van der Waals surface area contributed by atoms with E-state index >= 15 is 0 Å². The quantitative estimate of drug-likeness (QED) is 0.440. The fourth-order valence-corrected chi connectivity index (χ4v) is 0.800. The van der Waals surface area contributed by atoms with E-state index in [0.717, 1.165) is 3.58 Å². The molecule has 0 bridgehead atoms. The molecule has 50 valence electrons. The Morgan fingerprint density at radius 2 is 2.33 bits per heavy atom. The molecule has 0 heterocycles. The lowest BCUT2D eigenvalue weighted by molar-refractivity contribution is 1.47. The van der Waals surface area contributed by atoms with E-state index in [1.54, 1.807) is 19.3 Å². The minimum absolute atomic E-state index is 1.07. The Morgan fingerprint density at radius 1 is 1.67 bits per heavy atom. The predicted octanol–water partition coefficient (Wildman–Crippen LogP) is 1.48. The zero-order chi connectivity index (χ0) is 7.11. The Kier molecular flexibility index (Phi) is 5.60. The van der Waals surface area contributed by atoms with Crippen molar-refractivity contribution < 1.29 is 0 Å². The van der Waals surface area contributed by atoms with E-state index in [1.165, 1.54) is 6.20 Å². The minimum atomic E-state index is 1.07. The Bertz CT molecular complexity index is 147. The maximum Gasteiger partial charge on any atom is 0.0342 e. The van der Waals surface area contributed by atoms with Crippen molar-refractivity contribution in [3.8, 4) is 0 Å². The van der Waals surface area contributed by atoms with Crippen molar-refractivity contribution in [1.82, 2.24) is 0 Å². The number of rotatable bonds is 2. The maximum absolute atomic E-state index is 5.10. The largest absolute Gasteiger partial charge is 0.405 e. The fourth-order valence-electron chi connectivity index (χ4n) is 0.314. The Labute approximate surface area is 68.7 Å². The van der Waals surface area contributed by atoms with Gasteiger partial charge in [0.1, 0.15) is 0 Å². The van der Waals surface area contributed by atoms with E-state index in [2.05, 4.69) is 27.6 Å². The van der Waals surface area contributed by atoms with Gasteiger partial charge < -0.3 is 5.73 Å². The van der Waals surface area contributed by atoms with Gasteiger partial charge in [0, 0.05) is 16.8 Å². The van der Waals surface area contributed by atoms with Crippen LogP contribution < -0.4 is 5.73 Å². The summed E-state index contributed by atoms with van der Waals surface area (Å²) >= 11 is 2.17. The van der Waals surface area contributed by atoms with Gasteiger partial charge in [-0.05, 0) is 40.9 Å². The van der Waals surface area contributed by atoms with Crippen LogP contribution in [0, 0.1) is 0 Å². The van der Waals surface area contributed by atoms with Crippen molar-refractivity contribution in [1.29, 1.82) is 0 Å². The molecular weight excluding hydrogens is 227 g/mol. The highest BCUT2D eigenvalue weighted by Gasteiger charge is 1.76. The molecule has 0 aromatic carbocycles. The number of hydrogen-bond acceptors (Lipinski definition) is 2. The third-order valence-corrected chi connectivity index (χ3v) is 1.26. The van der Waals surface area contributed by atoms with Crippen LogP contribution in [0.5, 0.6) is 0 Å². The van der Waals surface area contributed by atoms with Crippen molar-refractivity contribution in [3.63, 3.8) is 0 Å². The molecule has 2 nitrogen and oxygen atoms in total. The molecule has 0 amide bonds. The van der Waals surface area contributed by atoms with Crippen molar-refractivity contribution >= 4 is 28.8 Å². The van der Waals surface area contributed by atoms with Gasteiger partial charge in [-0.3, -0.25) is 4.99 Å². The Balaban J connectivity index is 3.84. The molecule has 0 saturated heterocycles. The smallest absolute Gasteiger partial charge is 0.0342 e. The van der Waals surface area contributed by atoms with Gasteiger partial charge in [0.25, 0.3) is 0 Å². The number of halogens is 1. The number of nitrogens with zero attached hydrogens (tertiary/aromatic N) is 1. The average Bonchev–Trinajstić information content (AvgIpc) is 1.85. The first-order valence-corrected chi connectivity index (χ1v) is 3.55. The molecule has 0 saturated carbocycles. The van der Waals surface area contributed by atoms with Crippen LogP contribution in [0.1, 0.15) is 0 Å². The molecule has 0 aliphatic carbocycles. The molecule has 0 unspecified atom stereocenters. The number of hydrogen-bond donors (Lipinski definition) is 1. The number of aliphatic imine (C=N–C) groups is 1. The van der Waals surface area contributed by atoms with Crippen LogP contribution in [0.4, 0.5) is 0 Å². The lowest BCUT2D eigenvalue weighted by atomic mass is 10.5. The van der Waals surface area contributed by atoms with E-state index < -0.39 is 0 Å². The van der Waals surface area contributed by atoms with E-state index in [4.69, 9.17) is 5.73 Å². The van der Waals surface area contributed by atoms with Gasteiger partial charge in [-0.2, -0.15) is 0 Å². The summed E-state index contributed by atoms with van der Waals surface area (Å²) in [6.07, 6.45) is 6.90. The van der Waals surface area contributed by atoms with Gasteiger partial charge in [0.2, 0.25) is 0 Å². The molecule has 0 aromatic rings. The highest BCUT2D eigenvalue weighted by atomic mass is 127. The van der Waals surface area contributed by atoms with E-state index in [0.29, 0.717) is 0 Å². The normalized spacial score (nSPS) is 13.8. The second kappa shape index (κ2) is 5.81. The SMILES string of the molecule is C\N=C/C(I)=C\C=C\N. The lowest BCUT2D eigenvalue weighted by Gasteiger charge is -1.80. The van der Waals surface area contributed by atoms with Gasteiger partial charge in [-0.1, -0.05) is 0 Å². The molecule has 0 aromatic heterocycles. The van der Waals surface area contributed by atoms with E-state index in [-0.39, 0.29) is 0 Å². The standard InChI is InChI=1S/C6H9IN2/c1-9-5-6(7)3-2-4-8/h2-5H,8H2,1H3/b4-2+,6-3+,9-5-. The van der Waals surface area contributed by atoms with Gasteiger partial charge in [-0.15, -0.1) is 0 Å². The van der Waals surface area contributed by atoms with Crippen molar-refractivity contribution in [2.24, 2.45) is 10.7 Å². The molecule has 0 aliphatic heterocycles. The first kappa shape index (κ1) is 8.68. The summed E-state index contributed by atoms with van der Waals surface area (Å²) in [5.74, 6) is 0. The monoisotopic (exact) mass is 236 g/mol. The zero-order valence-corrected chi connectivity index (χ0v) is 7.37. The first-order chi connectivity index (χ1) is 4.31. The molecule has 0 spiro atoms. The molecule has 0 atom stereocenters. The van der Waals surface area contributed by atoms with Crippen LogP contribution in [0.15, 0.2) is 26.9 Å². The summed E-state index contributed by atoms with van der Waals surface area (Å²) in [7, 11) is 1.73. The molecule has 3 heteroatoms. The summed E-state index contributed by atoms with van der Waals surface area (Å²) in [5.41, 5.74) is 5.10. The summed E-state index contributed by atoms with van der Waals surface area (Å²) in [6.45, 7) is 0. The fraction of sp³-hybridized carbons (Fsp3) is 0.167. The van der Waals surface area contributed by atoms with Gasteiger partial charge in [-0.25, -0.2) is 0 Å². The molecule has 2 N–H and O–H groups in total. The van der Waals surface area contributed by atoms with E-state index in [1.807, 2.05) is 6.08 Å². The zero-order valence-electron chi connectivity index (χ0n) is 5.21.